The average Bonchev–Trinajstić information content (AvgIpc) is 2.61. The van der Waals surface area contributed by atoms with Crippen molar-refractivity contribution >= 4 is 11.6 Å². The average molecular weight is 348 g/mol. The second-order valence-corrected chi connectivity index (χ2v) is 6.26. The van der Waals surface area contributed by atoms with Gasteiger partial charge in [-0.25, -0.2) is 0 Å². The highest BCUT2D eigenvalue weighted by atomic mass is 35.5. The number of aryl methyl sites for hydroxylation is 1. The Kier molecular flexibility index (Phi) is 7.41. The Morgan fingerprint density at radius 3 is 2.54 bits per heavy atom. The first-order valence-corrected chi connectivity index (χ1v) is 8.78. The quantitative estimate of drug-likeness (QED) is 0.702. The minimum atomic E-state index is 0.418. The number of benzene rings is 2. The molecule has 2 aromatic carbocycles. The molecule has 24 heavy (non-hydrogen) atoms. The van der Waals surface area contributed by atoms with Gasteiger partial charge in [-0.3, -0.25) is 0 Å². The van der Waals surface area contributed by atoms with E-state index in [4.69, 9.17) is 21.1 Å². The molecule has 2 rings (SSSR count). The molecule has 0 fully saturated rings. The summed E-state index contributed by atoms with van der Waals surface area (Å²) < 4.78 is 10.9. The number of hydrogen-bond donors (Lipinski definition) is 1. The van der Waals surface area contributed by atoms with Crippen LogP contribution in [-0.4, -0.2) is 19.8 Å². The third-order valence-corrected chi connectivity index (χ3v) is 4.22. The van der Waals surface area contributed by atoms with Gasteiger partial charge in [0.15, 0.2) is 11.5 Å². The van der Waals surface area contributed by atoms with Gasteiger partial charge in [-0.2, -0.15) is 0 Å². The largest absolute Gasteiger partial charge is 0.493 e. The topological polar surface area (TPSA) is 30.5 Å². The lowest BCUT2D eigenvalue weighted by Crippen LogP contribution is -2.26. The number of halogens is 1. The van der Waals surface area contributed by atoms with Crippen molar-refractivity contribution < 1.29 is 9.47 Å². The Balaban J connectivity index is 1.90. The molecule has 0 radical (unpaired) electrons. The second kappa shape index (κ2) is 9.55. The standard InChI is InChI=1S/C20H26ClNO2/c1-4-24-20-18(21)12-17(13-19(20)23-3)14-22-15(2)10-11-16-8-6-5-7-9-16/h5-9,12-13,15,22H,4,10-11,14H2,1-3H3/t15-/m0/s1. The molecule has 2 aromatic rings. The highest BCUT2D eigenvalue weighted by Gasteiger charge is 2.12. The van der Waals surface area contributed by atoms with Crippen LogP contribution < -0.4 is 14.8 Å². The summed E-state index contributed by atoms with van der Waals surface area (Å²) in [5, 5.41) is 4.13. The Morgan fingerprint density at radius 2 is 1.88 bits per heavy atom. The van der Waals surface area contributed by atoms with Gasteiger partial charge in [0.2, 0.25) is 0 Å². The summed E-state index contributed by atoms with van der Waals surface area (Å²) in [4.78, 5) is 0. The van der Waals surface area contributed by atoms with E-state index < -0.39 is 0 Å². The molecule has 0 saturated carbocycles. The van der Waals surface area contributed by atoms with E-state index in [1.165, 1.54) is 5.56 Å². The van der Waals surface area contributed by atoms with Crippen LogP contribution in [-0.2, 0) is 13.0 Å². The predicted molar refractivity (Wildman–Crippen MR) is 100 cm³/mol. The van der Waals surface area contributed by atoms with Gasteiger partial charge in [-0.15, -0.1) is 0 Å². The van der Waals surface area contributed by atoms with Crippen molar-refractivity contribution in [3.8, 4) is 11.5 Å². The zero-order valence-corrected chi connectivity index (χ0v) is 15.4. The summed E-state index contributed by atoms with van der Waals surface area (Å²) in [6, 6.07) is 14.9. The normalized spacial score (nSPS) is 12.0. The lowest BCUT2D eigenvalue weighted by Gasteiger charge is -2.16. The summed E-state index contributed by atoms with van der Waals surface area (Å²) in [6.45, 7) is 5.44. The first-order valence-electron chi connectivity index (χ1n) is 8.40. The van der Waals surface area contributed by atoms with E-state index in [1.807, 2.05) is 25.1 Å². The number of methoxy groups -OCH3 is 1. The molecule has 0 unspecified atom stereocenters. The monoisotopic (exact) mass is 347 g/mol. The van der Waals surface area contributed by atoms with Gasteiger partial charge in [0.1, 0.15) is 0 Å². The molecule has 4 heteroatoms. The van der Waals surface area contributed by atoms with Crippen molar-refractivity contribution in [1.82, 2.24) is 5.32 Å². The van der Waals surface area contributed by atoms with E-state index in [1.54, 1.807) is 7.11 Å². The highest BCUT2D eigenvalue weighted by Crippen LogP contribution is 2.36. The molecule has 0 spiro atoms. The summed E-state index contributed by atoms with van der Waals surface area (Å²) in [5.74, 6) is 1.29. The van der Waals surface area contributed by atoms with Gasteiger partial charge in [-0.05, 0) is 49.9 Å². The van der Waals surface area contributed by atoms with Crippen molar-refractivity contribution in [2.24, 2.45) is 0 Å². The number of rotatable bonds is 9. The van der Waals surface area contributed by atoms with Gasteiger partial charge < -0.3 is 14.8 Å². The molecule has 0 heterocycles. The van der Waals surface area contributed by atoms with Crippen LogP contribution in [0.5, 0.6) is 11.5 Å². The number of ether oxygens (including phenoxy) is 2. The molecule has 1 atom stereocenters. The fraction of sp³-hybridized carbons (Fsp3) is 0.400. The summed E-state index contributed by atoms with van der Waals surface area (Å²) in [5.41, 5.74) is 2.46. The zero-order valence-electron chi connectivity index (χ0n) is 14.6. The van der Waals surface area contributed by atoms with Crippen LogP contribution >= 0.6 is 11.6 Å². The summed E-state index contributed by atoms with van der Waals surface area (Å²) >= 11 is 6.32. The lowest BCUT2D eigenvalue weighted by molar-refractivity contribution is 0.311. The maximum atomic E-state index is 6.32. The lowest BCUT2D eigenvalue weighted by atomic mass is 10.1. The first kappa shape index (κ1) is 18.6. The van der Waals surface area contributed by atoms with Crippen LogP contribution in [0.2, 0.25) is 5.02 Å². The van der Waals surface area contributed by atoms with Crippen molar-refractivity contribution in [1.29, 1.82) is 0 Å². The molecule has 3 nitrogen and oxygen atoms in total. The molecule has 0 aliphatic carbocycles. The molecule has 0 aliphatic rings. The molecule has 0 aromatic heterocycles. The third kappa shape index (κ3) is 5.43. The molecule has 1 N–H and O–H groups in total. The Bertz CT molecular complexity index is 631. The van der Waals surface area contributed by atoms with Crippen LogP contribution in [0.1, 0.15) is 31.4 Å². The molecule has 0 bridgehead atoms. The van der Waals surface area contributed by atoms with E-state index in [9.17, 15) is 0 Å². The number of nitrogens with one attached hydrogen (secondary N) is 1. The summed E-state index contributed by atoms with van der Waals surface area (Å²) in [7, 11) is 1.63. The first-order chi connectivity index (χ1) is 11.6. The molecule has 0 saturated heterocycles. The molecular formula is C20H26ClNO2. The van der Waals surface area contributed by atoms with Crippen LogP contribution in [0, 0.1) is 0 Å². The second-order valence-electron chi connectivity index (χ2n) is 5.85. The minimum Gasteiger partial charge on any atom is -0.493 e. The van der Waals surface area contributed by atoms with Crippen LogP contribution in [0.4, 0.5) is 0 Å². The minimum absolute atomic E-state index is 0.418. The molecule has 0 amide bonds. The maximum Gasteiger partial charge on any atom is 0.179 e. The van der Waals surface area contributed by atoms with Crippen LogP contribution in [0.25, 0.3) is 0 Å². The smallest absolute Gasteiger partial charge is 0.179 e. The fourth-order valence-electron chi connectivity index (χ4n) is 2.58. The van der Waals surface area contributed by atoms with Gasteiger partial charge in [0.05, 0.1) is 18.7 Å². The van der Waals surface area contributed by atoms with E-state index in [2.05, 4.69) is 36.5 Å². The maximum absolute atomic E-state index is 6.32. The fourth-order valence-corrected chi connectivity index (χ4v) is 2.87. The van der Waals surface area contributed by atoms with E-state index >= 15 is 0 Å². The van der Waals surface area contributed by atoms with Crippen molar-refractivity contribution in [2.45, 2.75) is 39.3 Å². The SMILES string of the molecule is CCOc1c(Cl)cc(CN[C@@H](C)CCc2ccccc2)cc1OC. The van der Waals surface area contributed by atoms with E-state index in [0.29, 0.717) is 29.2 Å². The van der Waals surface area contributed by atoms with Gasteiger partial charge in [-0.1, -0.05) is 41.9 Å². The summed E-state index contributed by atoms with van der Waals surface area (Å²) in [6.07, 6.45) is 2.16. The van der Waals surface area contributed by atoms with Gasteiger partial charge in [0.25, 0.3) is 0 Å². The highest BCUT2D eigenvalue weighted by molar-refractivity contribution is 6.32. The molecular weight excluding hydrogens is 322 g/mol. The van der Waals surface area contributed by atoms with Crippen molar-refractivity contribution in [3.05, 3.63) is 58.6 Å². The van der Waals surface area contributed by atoms with Gasteiger partial charge >= 0.3 is 0 Å². The number of hydrogen-bond acceptors (Lipinski definition) is 3. The van der Waals surface area contributed by atoms with E-state index in [-0.39, 0.29) is 0 Å². The Hall–Kier alpha value is -1.71. The molecule has 130 valence electrons. The van der Waals surface area contributed by atoms with Crippen molar-refractivity contribution in [2.75, 3.05) is 13.7 Å². The molecule has 0 aliphatic heterocycles. The van der Waals surface area contributed by atoms with Crippen LogP contribution in [0.15, 0.2) is 42.5 Å². The zero-order chi connectivity index (χ0) is 17.4. The van der Waals surface area contributed by atoms with Gasteiger partial charge in [0, 0.05) is 12.6 Å². The third-order valence-electron chi connectivity index (χ3n) is 3.94. The Morgan fingerprint density at radius 1 is 1.12 bits per heavy atom. The Labute approximate surface area is 149 Å². The predicted octanol–water partition coefficient (Wildman–Crippen LogP) is 4.86. The van der Waals surface area contributed by atoms with E-state index in [0.717, 1.165) is 24.9 Å². The van der Waals surface area contributed by atoms with Crippen LogP contribution in [0.3, 0.4) is 0 Å². The van der Waals surface area contributed by atoms with Crippen molar-refractivity contribution in [3.63, 3.8) is 0 Å².